The molecule has 1 heterocycles. The van der Waals surface area contributed by atoms with Crippen molar-refractivity contribution >= 4 is 15.7 Å². The molecule has 1 aromatic carbocycles. The molecule has 120 valence electrons. The van der Waals surface area contributed by atoms with Crippen molar-refractivity contribution < 1.29 is 21.9 Å². The number of sulfonamides is 1. The molecule has 1 N–H and O–H groups in total. The fraction of sp³-hybridized carbons (Fsp3) is 0.308. The number of aromatic nitrogens is 2. The van der Waals surface area contributed by atoms with Gasteiger partial charge in [0.25, 0.3) is 10.0 Å². The number of hydrogen-bond donors (Lipinski definition) is 1. The molecule has 0 unspecified atom stereocenters. The number of nitrogens with one attached hydrogen (secondary N) is 1. The first-order chi connectivity index (χ1) is 10.2. The number of benzene rings is 1. The van der Waals surface area contributed by atoms with Crippen LogP contribution in [0.3, 0.4) is 0 Å². The van der Waals surface area contributed by atoms with Crippen LogP contribution in [0.25, 0.3) is 0 Å². The van der Waals surface area contributed by atoms with Crippen molar-refractivity contribution in [2.24, 2.45) is 7.05 Å². The van der Waals surface area contributed by atoms with E-state index in [1.807, 2.05) is 0 Å². The van der Waals surface area contributed by atoms with Crippen molar-refractivity contribution in [1.29, 1.82) is 0 Å². The fourth-order valence-electron chi connectivity index (χ4n) is 1.95. The highest BCUT2D eigenvalue weighted by Gasteiger charge is 2.22. The molecule has 0 saturated carbocycles. The first kappa shape index (κ1) is 16.2. The Morgan fingerprint density at radius 1 is 1.32 bits per heavy atom. The normalized spacial score (nSPS) is 11.7. The third kappa shape index (κ3) is 3.53. The van der Waals surface area contributed by atoms with Gasteiger partial charge in [-0.05, 0) is 31.5 Å². The molecule has 2 rings (SSSR count). The van der Waals surface area contributed by atoms with Gasteiger partial charge in [0.05, 0.1) is 11.4 Å². The van der Waals surface area contributed by atoms with Crippen LogP contribution in [0.1, 0.15) is 11.3 Å². The number of nitrogens with zero attached hydrogens (tertiary/aromatic N) is 2. The first-order valence-electron chi connectivity index (χ1n) is 6.27. The molecule has 0 amide bonds. The molecule has 0 aliphatic carbocycles. The fourth-order valence-corrected chi connectivity index (χ4v) is 3.24. The molecule has 0 atom stereocenters. The van der Waals surface area contributed by atoms with Crippen molar-refractivity contribution in [1.82, 2.24) is 9.78 Å². The Bertz CT molecular complexity index is 788. The van der Waals surface area contributed by atoms with Gasteiger partial charge in [0, 0.05) is 13.2 Å². The van der Waals surface area contributed by atoms with Crippen LogP contribution in [-0.2, 0) is 17.1 Å². The summed E-state index contributed by atoms with van der Waals surface area (Å²) in [6.07, 6.45) is 1.33. The summed E-state index contributed by atoms with van der Waals surface area (Å²) >= 11 is 0. The number of aryl methyl sites for hydroxylation is 3. The quantitative estimate of drug-likeness (QED) is 0.913. The number of alkyl halides is 2. The van der Waals surface area contributed by atoms with Crippen LogP contribution in [0.4, 0.5) is 14.5 Å². The molecule has 6 nitrogen and oxygen atoms in total. The van der Waals surface area contributed by atoms with E-state index in [2.05, 4.69) is 14.6 Å². The first-order valence-corrected chi connectivity index (χ1v) is 7.76. The Morgan fingerprint density at radius 2 is 2.00 bits per heavy atom. The van der Waals surface area contributed by atoms with Crippen LogP contribution < -0.4 is 9.46 Å². The smallest absolute Gasteiger partial charge is 0.387 e. The van der Waals surface area contributed by atoms with Gasteiger partial charge >= 0.3 is 6.61 Å². The topological polar surface area (TPSA) is 73.2 Å². The zero-order chi connectivity index (χ0) is 16.5. The van der Waals surface area contributed by atoms with E-state index >= 15 is 0 Å². The van der Waals surface area contributed by atoms with E-state index in [-0.39, 0.29) is 16.3 Å². The molecule has 0 spiro atoms. The average Bonchev–Trinajstić information content (AvgIpc) is 2.72. The zero-order valence-corrected chi connectivity index (χ0v) is 13.0. The highest BCUT2D eigenvalue weighted by atomic mass is 32.2. The summed E-state index contributed by atoms with van der Waals surface area (Å²) in [7, 11) is -2.37. The van der Waals surface area contributed by atoms with Crippen molar-refractivity contribution in [3.8, 4) is 5.75 Å². The number of rotatable bonds is 5. The second-order valence-corrected chi connectivity index (χ2v) is 6.39. The highest BCUT2D eigenvalue weighted by molar-refractivity contribution is 7.92. The molecule has 1 aromatic heterocycles. The van der Waals surface area contributed by atoms with Crippen LogP contribution in [0, 0.1) is 13.8 Å². The van der Waals surface area contributed by atoms with E-state index in [1.54, 1.807) is 27.0 Å². The molecule has 22 heavy (non-hydrogen) atoms. The Labute approximate surface area is 126 Å². The molecule has 2 aromatic rings. The summed E-state index contributed by atoms with van der Waals surface area (Å²) < 4.78 is 57.6. The van der Waals surface area contributed by atoms with E-state index in [1.165, 1.54) is 23.0 Å². The molecular formula is C13H15F2N3O3S. The summed E-state index contributed by atoms with van der Waals surface area (Å²) in [6, 6.07) is 4.29. The monoisotopic (exact) mass is 331 g/mol. The minimum atomic E-state index is -3.95. The maximum atomic E-state index is 12.4. The van der Waals surface area contributed by atoms with E-state index in [9.17, 15) is 17.2 Å². The Balaban J connectivity index is 2.39. The molecule has 0 aliphatic heterocycles. The van der Waals surface area contributed by atoms with Gasteiger partial charge in [-0.1, -0.05) is 6.07 Å². The third-order valence-electron chi connectivity index (χ3n) is 2.86. The Hall–Kier alpha value is -2.16. The Kier molecular flexibility index (Phi) is 4.36. The summed E-state index contributed by atoms with van der Waals surface area (Å²) in [5.74, 6) is -0.236. The minimum absolute atomic E-state index is 0.0291. The highest BCUT2D eigenvalue weighted by Crippen LogP contribution is 2.29. The average molecular weight is 331 g/mol. The maximum Gasteiger partial charge on any atom is 0.387 e. The van der Waals surface area contributed by atoms with Gasteiger partial charge in [0.1, 0.15) is 10.6 Å². The number of halogens is 2. The van der Waals surface area contributed by atoms with Crippen LogP contribution in [0.2, 0.25) is 0 Å². The van der Waals surface area contributed by atoms with Gasteiger partial charge in [0.2, 0.25) is 0 Å². The van der Waals surface area contributed by atoms with E-state index < -0.39 is 16.6 Å². The predicted octanol–water partition coefficient (Wildman–Crippen LogP) is 2.44. The van der Waals surface area contributed by atoms with Crippen molar-refractivity contribution in [2.75, 3.05) is 4.72 Å². The van der Waals surface area contributed by atoms with Crippen molar-refractivity contribution in [3.05, 3.63) is 35.7 Å². The number of anilines is 1. The van der Waals surface area contributed by atoms with Crippen LogP contribution in [0.15, 0.2) is 29.3 Å². The molecule has 0 aliphatic rings. The molecule has 9 heteroatoms. The zero-order valence-electron chi connectivity index (χ0n) is 12.2. The van der Waals surface area contributed by atoms with E-state index in [4.69, 9.17) is 0 Å². The lowest BCUT2D eigenvalue weighted by molar-refractivity contribution is -0.0493. The Morgan fingerprint density at radius 3 is 2.55 bits per heavy atom. The van der Waals surface area contributed by atoms with Crippen molar-refractivity contribution in [2.45, 2.75) is 25.4 Å². The minimum Gasteiger partial charge on any atom is -0.433 e. The summed E-state index contributed by atoms with van der Waals surface area (Å²) in [4.78, 5) is -0.0291. The van der Waals surface area contributed by atoms with Gasteiger partial charge in [0.15, 0.2) is 0 Å². The predicted molar refractivity (Wildman–Crippen MR) is 76.6 cm³/mol. The van der Waals surface area contributed by atoms with Gasteiger partial charge < -0.3 is 4.74 Å². The van der Waals surface area contributed by atoms with Crippen molar-refractivity contribution in [3.63, 3.8) is 0 Å². The lowest BCUT2D eigenvalue weighted by Crippen LogP contribution is -2.15. The molecule has 0 fully saturated rings. The van der Waals surface area contributed by atoms with Gasteiger partial charge in [-0.25, -0.2) is 8.42 Å². The summed E-state index contributed by atoms with van der Waals surface area (Å²) in [5, 5.41) is 3.95. The lowest BCUT2D eigenvalue weighted by Gasteiger charge is -2.13. The van der Waals surface area contributed by atoms with E-state index in [0.717, 1.165) is 0 Å². The standard InChI is InChI=1S/C13H15F2N3O3S/c1-8-4-5-10(11(6-8)21-13(14)15)17-22(19,20)12-7-18(3)16-9(12)2/h4-7,13,17H,1-3H3. The number of hydrogen-bond acceptors (Lipinski definition) is 4. The van der Waals surface area contributed by atoms with Crippen LogP contribution in [-0.4, -0.2) is 24.8 Å². The molecule has 0 saturated heterocycles. The second-order valence-electron chi connectivity index (χ2n) is 4.74. The SMILES string of the molecule is Cc1ccc(NS(=O)(=O)c2cn(C)nc2C)c(OC(F)F)c1. The maximum absolute atomic E-state index is 12.4. The third-order valence-corrected chi connectivity index (χ3v) is 4.32. The molecular weight excluding hydrogens is 316 g/mol. The number of ether oxygens (including phenoxy) is 1. The molecule has 0 bridgehead atoms. The van der Waals surface area contributed by atoms with E-state index in [0.29, 0.717) is 11.3 Å². The van der Waals surface area contributed by atoms with Gasteiger partial charge in [-0.2, -0.15) is 13.9 Å². The van der Waals surface area contributed by atoms with Crippen LogP contribution in [0.5, 0.6) is 5.75 Å². The van der Waals surface area contributed by atoms with Gasteiger partial charge in [-0.15, -0.1) is 0 Å². The summed E-state index contributed by atoms with van der Waals surface area (Å²) in [6.45, 7) is 0.174. The van der Waals surface area contributed by atoms with Crippen LogP contribution >= 0.6 is 0 Å². The summed E-state index contributed by atoms with van der Waals surface area (Å²) in [5.41, 5.74) is 0.906. The second kappa shape index (κ2) is 5.91. The van der Waals surface area contributed by atoms with Gasteiger partial charge in [-0.3, -0.25) is 9.40 Å². The lowest BCUT2D eigenvalue weighted by atomic mass is 10.2. The largest absolute Gasteiger partial charge is 0.433 e. The molecule has 0 radical (unpaired) electrons.